The zero-order chi connectivity index (χ0) is 20.3. The van der Waals surface area contributed by atoms with Gasteiger partial charge in [-0.05, 0) is 35.9 Å². The van der Waals surface area contributed by atoms with Crippen molar-refractivity contribution in [2.45, 2.75) is 6.54 Å². The van der Waals surface area contributed by atoms with E-state index < -0.39 is 0 Å². The van der Waals surface area contributed by atoms with Gasteiger partial charge in [-0.3, -0.25) is 4.90 Å². The molecule has 2 aromatic heterocycles. The molecular formula is C22H21FN6S. The van der Waals surface area contributed by atoms with Gasteiger partial charge in [-0.25, -0.2) is 19.3 Å². The lowest BCUT2D eigenvalue weighted by Crippen LogP contribution is -2.42. The number of anilines is 2. The Morgan fingerprint density at radius 2 is 2.03 bits per heavy atom. The summed E-state index contributed by atoms with van der Waals surface area (Å²) in [6.45, 7) is 4.90. The number of hydrogen-bond donors (Lipinski definition) is 2. The fraction of sp³-hybridized carbons (Fsp3) is 0.227. The Labute approximate surface area is 177 Å². The third-order valence-corrected chi connectivity index (χ3v) is 5.96. The molecule has 0 saturated carbocycles. The van der Waals surface area contributed by atoms with E-state index in [0.29, 0.717) is 11.6 Å². The van der Waals surface area contributed by atoms with Crippen LogP contribution < -0.4 is 10.6 Å². The van der Waals surface area contributed by atoms with Crippen LogP contribution in [0.2, 0.25) is 0 Å². The van der Waals surface area contributed by atoms with E-state index in [4.69, 9.17) is 0 Å². The second-order valence-electron chi connectivity index (χ2n) is 7.26. The summed E-state index contributed by atoms with van der Waals surface area (Å²) < 4.78 is 13.5. The number of nitrogens with one attached hydrogen (secondary N) is 2. The van der Waals surface area contributed by atoms with Gasteiger partial charge in [0.25, 0.3) is 0 Å². The minimum absolute atomic E-state index is 0.299. The highest BCUT2D eigenvalue weighted by atomic mass is 32.1. The van der Waals surface area contributed by atoms with Gasteiger partial charge < -0.3 is 10.6 Å². The van der Waals surface area contributed by atoms with Crippen LogP contribution >= 0.6 is 11.3 Å². The lowest BCUT2D eigenvalue weighted by atomic mass is 10.0. The topological polar surface area (TPSA) is 66.0 Å². The highest BCUT2D eigenvalue weighted by Crippen LogP contribution is 2.31. The molecule has 152 valence electrons. The van der Waals surface area contributed by atoms with Gasteiger partial charge in [-0.2, -0.15) is 0 Å². The van der Waals surface area contributed by atoms with Crippen molar-refractivity contribution in [1.29, 1.82) is 0 Å². The van der Waals surface area contributed by atoms with Gasteiger partial charge in [0.2, 0.25) is 5.95 Å². The van der Waals surface area contributed by atoms with Crippen molar-refractivity contribution >= 4 is 33.9 Å². The highest BCUT2D eigenvalue weighted by Gasteiger charge is 2.16. The molecule has 1 aliphatic rings. The molecule has 0 spiro atoms. The number of fused-ring (bicyclic) bond motifs is 1. The number of thiazole rings is 1. The molecule has 0 unspecified atom stereocenters. The maximum atomic E-state index is 13.5. The average Bonchev–Trinajstić information content (AvgIpc) is 3.29. The standard InChI is InChI=1S/C22H21FN6S/c23-17-2-1-3-18(12-17)27-22-26-13-15-10-19(21-25-6-9-30-21)16(11-20(15)28-22)14-29-7-4-24-5-8-29/h1-3,6,9-13,24H,4-5,7-8,14H2,(H,26,27,28). The Bertz CT molecular complexity index is 1160. The number of rotatable bonds is 5. The van der Waals surface area contributed by atoms with Gasteiger partial charge in [-0.15, -0.1) is 11.3 Å². The summed E-state index contributed by atoms with van der Waals surface area (Å²) in [6, 6.07) is 10.5. The quantitative estimate of drug-likeness (QED) is 0.508. The first-order valence-electron chi connectivity index (χ1n) is 9.90. The maximum absolute atomic E-state index is 13.5. The first-order valence-corrected chi connectivity index (χ1v) is 10.8. The van der Waals surface area contributed by atoms with Crippen molar-refractivity contribution in [2.75, 3.05) is 31.5 Å². The van der Waals surface area contributed by atoms with Gasteiger partial charge in [-0.1, -0.05) is 6.07 Å². The van der Waals surface area contributed by atoms with Gasteiger partial charge in [0, 0.05) is 67.1 Å². The summed E-state index contributed by atoms with van der Waals surface area (Å²) in [5.41, 5.74) is 3.81. The van der Waals surface area contributed by atoms with Gasteiger partial charge in [0.1, 0.15) is 10.8 Å². The number of piperazine rings is 1. The van der Waals surface area contributed by atoms with Crippen LogP contribution in [0.15, 0.2) is 54.2 Å². The molecule has 0 atom stereocenters. The molecule has 0 radical (unpaired) electrons. The second kappa shape index (κ2) is 8.43. The zero-order valence-electron chi connectivity index (χ0n) is 16.3. The van der Waals surface area contributed by atoms with E-state index in [-0.39, 0.29) is 5.82 Å². The van der Waals surface area contributed by atoms with Gasteiger partial charge in [0.15, 0.2) is 0 Å². The Kier molecular flexibility index (Phi) is 5.35. The van der Waals surface area contributed by atoms with Gasteiger partial charge >= 0.3 is 0 Å². The molecule has 1 aliphatic heterocycles. The summed E-state index contributed by atoms with van der Waals surface area (Å²) in [6.07, 6.45) is 3.64. The van der Waals surface area contributed by atoms with E-state index in [0.717, 1.165) is 54.2 Å². The van der Waals surface area contributed by atoms with Crippen LogP contribution in [-0.4, -0.2) is 46.0 Å². The van der Waals surface area contributed by atoms with Crippen LogP contribution in [0.25, 0.3) is 21.5 Å². The molecule has 1 saturated heterocycles. The Morgan fingerprint density at radius 1 is 1.13 bits per heavy atom. The number of hydrogen-bond acceptors (Lipinski definition) is 7. The van der Waals surface area contributed by atoms with E-state index >= 15 is 0 Å². The van der Waals surface area contributed by atoms with E-state index in [1.165, 1.54) is 17.7 Å². The van der Waals surface area contributed by atoms with Crippen molar-refractivity contribution in [3.8, 4) is 10.6 Å². The number of benzene rings is 2. The Hall–Kier alpha value is -2.94. The third-order valence-electron chi connectivity index (χ3n) is 5.15. The fourth-order valence-corrected chi connectivity index (χ4v) is 4.36. The largest absolute Gasteiger partial charge is 0.324 e. The van der Waals surface area contributed by atoms with Crippen LogP contribution in [-0.2, 0) is 6.54 Å². The molecule has 5 rings (SSSR count). The summed E-state index contributed by atoms with van der Waals surface area (Å²) in [5.74, 6) is 0.149. The maximum Gasteiger partial charge on any atom is 0.227 e. The molecular weight excluding hydrogens is 399 g/mol. The number of halogens is 1. The van der Waals surface area contributed by atoms with Gasteiger partial charge in [0.05, 0.1) is 5.52 Å². The first kappa shape index (κ1) is 19.0. The summed E-state index contributed by atoms with van der Waals surface area (Å²) >= 11 is 1.64. The van der Waals surface area contributed by atoms with Crippen LogP contribution in [0.4, 0.5) is 16.0 Å². The molecule has 4 aromatic rings. The summed E-state index contributed by atoms with van der Waals surface area (Å²) in [7, 11) is 0. The highest BCUT2D eigenvalue weighted by molar-refractivity contribution is 7.13. The Balaban J connectivity index is 1.52. The molecule has 2 N–H and O–H groups in total. The SMILES string of the molecule is Fc1cccc(Nc2ncc3cc(-c4nccs4)c(CN4CCNCC4)cc3n2)c1. The predicted molar refractivity (Wildman–Crippen MR) is 118 cm³/mol. The minimum atomic E-state index is -0.299. The molecule has 3 heterocycles. The Morgan fingerprint density at radius 3 is 2.83 bits per heavy atom. The van der Waals surface area contributed by atoms with E-state index in [1.54, 1.807) is 29.7 Å². The van der Waals surface area contributed by atoms with Crippen LogP contribution in [0.5, 0.6) is 0 Å². The van der Waals surface area contributed by atoms with Crippen LogP contribution in [0.1, 0.15) is 5.56 Å². The molecule has 6 nitrogen and oxygen atoms in total. The molecule has 0 bridgehead atoms. The van der Waals surface area contributed by atoms with E-state index in [1.807, 2.05) is 11.6 Å². The lowest BCUT2D eigenvalue weighted by molar-refractivity contribution is 0.233. The summed E-state index contributed by atoms with van der Waals surface area (Å²) in [5, 5.41) is 10.4. The van der Waals surface area contributed by atoms with Crippen LogP contribution in [0.3, 0.4) is 0 Å². The fourth-order valence-electron chi connectivity index (χ4n) is 3.67. The molecule has 1 fully saturated rings. The average molecular weight is 421 g/mol. The number of aromatic nitrogens is 3. The second-order valence-corrected chi connectivity index (χ2v) is 8.16. The van der Waals surface area contributed by atoms with Crippen molar-refractivity contribution in [3.05, 3.63) is 65.6 Å². The van der Waals surface area contributed by atoms with E-state index in [2.05, 4.69) is 42.6 Å². The first-order chi connectivity index (χ1) is 14.7. The van der Waals surface area contributed by atoms with Crippen molar-refractivity contribution in [2.24, 2.45) is 0 Å². The van der Waals surface area contributed by atoms with Crippen molar-refractivity contribution < 1.29 is 4.39 Å². The lowest BCUT2D eigenvalue weighted by Gasteiger charge is -2.28. The van der Waals surface area contributed by atoms with E-state index in [9.17, 15) is 4.39 Å². The minimum Gasteiger partial charge on any atom is -0.324 e. The molecule has 0 amide bonds. The number of nitrogens with zero attached hydrogens (tertiary/aromatic N) is 4. The smallest absolute Gasteiger partial charge is 0.227 e. The van der Waals surface area contributed by atoms with Crippen molar-refractivity contribution in [3.63, 3.8) is 0 Å². The molecule has 0 aliphatic carbocycles. The van der Waals surface area contributed by atoms with Crippen LogP contribution in [0, 0.1) is 5.82 Å². The van der Waals surface area contributed by atoms with Crippen molar-refractivity contribution in [1.82, 2.24) is 25.2 Å². The molecule has 30 heavy (non-hydrogen) atoms. The molecule has 8 heteroatoms. The monoisotopic (exact) mass is 420 g/mol. The summed E-state index contributed by atoms with van der Waals surface area (Å²) in [4.78, 5) is 16.1. The normalized spacial score (nSPS) is 14.8. The zero-order valence-corrected chi connectivity index (χ0v) is 17.1. The molecule has 2 aromatic carbocycles. The predicted octanol–water partition coefficient (Wildman–Crippen LogP) is 4.04. The third kappa shape index (κ3) is 4.16.